The molecule has 1 aromatic carbocycles. The van der Waals surface area contributed by atoms with Gasteiger partial charge < -0.3 is 4.74 Å². The molecular weight excluding hydrogens is 368 g/mol. The maximum Gasteiger partial charge on any atom is 0.145 e. The van der Waals surface area contributed by atoms with Crippen LogP contribution >= 0.6 is 0 Å². The van der Waals surface area contributed by atoms with Crippen LogP contribution in [0.3, 0.4) is 0 Å². The second kappa shape index (κ2) is 12.9. The first-order chi connectivity index (χ1) is 13.8. The van der Waals surface area contributed by atoms with Gasteiger partial charge >= 0.3 is 0 Å². The number of ether oxygens (including phenoxy) is 1. The molecule has 1 rings (SSSR count). The monoisotopic (exact) mass is 410 g/mol. The van der Waals surface area contributed by atoms with Crippen LogP contribution in [0, 0.1) is 35.6 Å². The molecule has 0 unspecified atom stereocenters. The maximum absolute atomic E-state index is 5.85. The Bertz CT molecular complexity index is 650. The van der Waals surface area contributed by atoms with Crippen LogP contribution in [0.15, 0.2) is 30.3 Å². The molecule has 2 heteroatoms. The van der Waals surface area contributed by atoms with E-state index in [0.717, 1.165) is 25.9 Å². The van der Waals surface area contributed by atoms with Gasteiger partial charge in [0.05, 0.1) is 6.61 Å². The van der Waals surface area contributed by atoms with Crippen LogP contribution in [-0.4, -0.2) is 14.7 Å². The number of benzene rings is 1. The summed E-state index contributed by atoms with van der Waals surface area (Å²) >= 11 is 0. The second-order valence-electron chi connectivity index (χ2n) is 9.31. The fourth-order valence-corrected chi connectivity index (χ4v) is 9.94. The summed E-state index contributed by atoms with van der Waals surface area (Å²) in [5.74, 6) is 7.31. The van der Waals surface area contributed by atoms with Crippen molar-refractivity contribution in [3.8, 4) is 23.8 Å². The van der Waals surface area contributed by atoms with Gasteiger partial charge in [-0.25, -0.2) is 0 Å². The molecule has 0 spiro atoms. The Morgan fingerprint density at radius 1 is 0.897 bits per heavy atom. The van der Waals surface area contributed by atoms with Crippen LogP contribution in [0.1, 0.15) is 73.3 Å². The molecule has 0 aliphatic rings. The molecule has 1 nitrogen and oxygen atoms in total. The molecule has 0 aromatic heterocycles. The zero-order chi connectivity index (χ0) is 21.9. The summed E-state index contributed by atoms with van der Waals surface area (Å²) in [5, 5.41) is 0. The van der Waals surface area contributed by atoms with Gasteiger partial charge in [0, 0.05) is 18.9 Å². The van der Waals surface area contributed by atoms with Gasteiger partial charge in [0.1, 0.15) is 8.07 Å². The van der Waals surface area contributed by atoms with Gasteiger partial charge in [-0.15, -0.1) is 23.8 Å². The summed E-state index contributed by atoms with van der Waals surface area (Å²) in [6.45, 7) is 17.9. The molecule has 160 valence electrons. The van der Waals surface area contributed by atoms with Crippen molar-refractivity contribution in [3.63, 3.8) is 0 Å². The molecule has 0 amide bonds. The van der Waals surface area contributed by atoms with Crippen molar-refractivity contribution in [2.75, 3.05) is 6.61 Å². The van der Waals surface area contributed by atoms with E-state index in [1.54, 1.807) is 0 Å². The Labute approximate surface area is 182 Å². The first-order valence-electron chi connectivity index (χ1n) is 11.3. The molecule has 29 heavy (non-hydrogen) atoms. The van der Waals surface area contributed by atoms with Crippen LogP contribution < -0.4 is 0 Å². The van der Waals surface area contributed by atoms with Gasteiger partial charge in [-0.05, 0) is 40.9 Å². The minimum Gasteiger partial charge on any atom is -0.377 e. The van der Waals surface area contributed by atoms with E-state index < -0.39 is 8.07 Å². The van der Waals surface area contributed by atoms with E-state index in [4.69, 9.17) is 11.2 Å². The highest BCUT2D eigenvalue weighted by Gasteiger charge is 2.41. The zero-order valence-corrected chi connectivity index (χ0v) is 20.8. The van der Waals surface area contributed by atoms with Crippen molar-refractivity contribution in [3.05, 3.63) is 35.9 Å². The Hall–Kier alpha value is -1.48. The van der Waals surface area contributed by atoms with E-state index in [2.05, 4.69) is 78.0 Å². The lowest BCUT2D eigenvalue weighted by atomic mass is 9.88. The molecule has 0 N–H and O–H groups in total. The van der Waals surface area contributed by atoms with E-state index in [-0.39, 0.29) is 5.92 Å². The van der Waals surface area contributed by atoms with Gasteiger partial charge in [0.2, 0.25) is 0 Å². The molecule has 0 heterocycles. The highest BCUT2D eigenvalue weighted by Crippen LogP contribution is 2.40. The first-order valence-corrected chi connectivity index (χ1v) is 13.6. The van der Waals surface area contributed by atoms with Gasteiger partial charge in [-0.1, -0.05) is 78.8 Å². The van der Waals surface area contributed by atoms with Crippen LogP contribution in [0.25, 0.3) is 0 Å². The van der Waals surface area contributed by atoms with E-state index in [9.17, 15) is 0 Å². The third kappa shape index (κ3) is 7.69. The van der Waals surface area contributed by atoms with Crippen molar-refractivity contribution >= 4 is 8.07 Å². The average Bonchev–Trinajstić information content (AvgIpc) is 2.68. The lowest BCUT2D eigenvalue weighted by molar-refractivity contribution is 0.104. The lowest BCUT2D eigenvalue weighted by Gasteiger charge is -2.38. The fraction of sp³-hybridized carbons (Fsp3) is 0.630. The van der Waals surface area contributed by atoms with E-state index in [1.807, 2.05) is 18.2 Å². The highest BCUT2D eigenvalue weighted by molar-refractivity contribution is 6.90. The molecule has 0 aliphatic carbocycles. The summed E-state index contributed by atoms with van der Waals surface area (Å²) in [4.78, 5) is 0. The number of rotatable bonds is 11. The van der Waals surface area contributed by atoms with Gasteiger partial charge in [-0.2, -0.15) is 0 Å². The highest BCUT2D eigenvalue weighted by atomic mass is 28.3. The molecular formula is C27H42OSi. The summed E-state index contributed by atoms with van der Waals surface area (Å²) in [5.41, 5.74) is 7.07. The number of hydrogen-bond donors (Lipinski definition) is 0. The average molecular weight is 411 g/mol. The van der Waals surface area contributed by atoms with E-state index in [0.29, 0.717) is 29.1 Å². The fourth-order valence-electron chi connectivity index (χ4n) is 4.64. The third-order valence-corrected chi connectivity index (χ3v) is 12.8. The third-order valence-electron chi connectivity index (χ3n) is 6.48. The minimum absolute atomic E-state index is 0.276. The van der Waals surface area contributed by atoms with Crippen LogP contribution in [0.5, 0.6) is 0 Å². The Kier molecular flexibility index (Phi) is 11.4. The van der Waals surface area contributed by atoms with Gasteiger partial charge in [0.15, 0.2) is 0 Å². The predicted octanol–water partition coefficient (Wildman–Crippen LogP) is 7.48. The van der Waals surface area contributed by atoms with Crippen molar-refractivity contribution < 1.29 is 4.74 Å². The summed E-state index contributed by atoms with van der Waals surface area (Å²) in [7, 11) is -1.63. The largest absolute Gasteiger partial charge is 0.377 e. The topological polar surface area (TPSA) is 9.23 Å². The molecule has 2 atom stereocenters. The SMILES string of the molecule is C#C[C@H](CCC#C[Si](C(C)C)(C(C)C)C(C)C)[C@H](C)CCOCc1ccccc1. The minimum atomic E-state index is -1.63. The predicted molar refractivity (Wildman–Crippen MR) is 130 cm³/mol. The summed E-state index contributed by atoms with van der Waals surface area (Å²) < 4.78 is 5.84. The molecule has 0 radical (unpaired) electrons. The Morgan fingerprint density at radius 2 is 1.48 bits per heavy atom. The standard InChI is InChI=1S/C27H42OSi/c1-9-27(25(8)18-19-28-21-26-15-11-10-12-16-26)17-13-14-20-29(22(2)3,23(4)5)24(6)7/h1,10-12,15-16,22-25,27H,13,17-19,21H2,2-8H3/t25-,27-/m1/s1. The van der Waals surface area contributed by atoms with Gasteiger partial charge in [-0.3, -0.25) is 0 Å². The molecule has 0 fully saturated rings. The van der Waals surface area contributed by atoms with E-state index >= 15 is 0 Å². The molecule has 0 saturated carbocycles. The summed E-state index contributed by atoms with van der Waals surface area (Å²) in [6, 6.07) is 10.3. The Morgan fingerprint density at radius 3 is 2.00 bits per heavy atom. The van der Waals surface area contributed by atoms with Crippen molar-refractivity contribution in [1.29, 1.82) is 0 Å². The first kappa shape index (κ1) is 25.6. The molecule has 0 saturated heterocycles. The smallest absolute Gasteiger partial charge is 0.145 e. The van der Waals surface area contributed by atoms with Crippen LogP contribution in [0.2, 0.25) is 16.6 Å². The normalized spacial score (nSPS) is 13.8. The molecule has 1 aromatic rings. The maximum atomic E-state index is 5.85. The molecule has 0 bridgehead atoms. The van der Waals surface area contributed by atoms with Crippen LogP contribution in [0.4, 0.5) is 0 Å². The quantitative estimate of drug-likeness (QED) is 0.209. The lowest BCUT2D eigenvalue weighted by Crippen LogP contribution is -2.43. The zero-order valence-electron chi connectivity index (χ0n) is 19.8. The number of hydrogen-bond acceptors (Lipinski definition) is 1. The van der Waals surface area contributed by atoms with E-state index in [1.165, 1.54) is 5.56 Å². The van der Waals surface area contributed by atoms with Crippen molar-refractivity contribution in [2.24, 2.45) is 11.8 Å². The Balaban J connectivity index is 2.52. The van der Waals surface area contributed by atoms with Gasteiger partial charge in [0.25, 0.3) is 0 Å². The van der Waals surface area contributed by atoms with Crippen LogP contribution in [-0.2, 0) is 11.3 Å². The summed E-state index contributed by atoms with van der Waals surface area (Å²) in [6.07, 6.45) is 8.75. The number of terminal acetylenes is 1. The molecule has 0 aliphatic heterocycles. The van der Waals surface area contributed by atoms with Crippen molar-refractivity contribution in [1.82, 2.24) is 0 Å². The second-order valence-corrected chi connectivity index (χ2v) is 14.9. The van der Waals surface area contributed by atoms with Crippen molar-refractivity contribution in [2.45, 2.75) is 91.0 Å².